The van der Waals surface area contributed by atoms with Gasteiger partial charge in [0.05, 0.1) is 24.4 Å². The second-order valence-electron chi connectivity index (χ2n) is 4.41. The van der Waals surface area contributed by atoms with Gasteiger partial charge in [-0.25, -0.2) is 0 Å². The normalized spacial score (nSPS) is 10.3. The Morgan fingerprint density at radius 3 is 2.75 bits per heavy atom. The molecule has 0 saturated carbocycles. The van der Waals surface area contributed by atoms with E-state index in [1.165, 1.54) is 0 Å². The molecule has 0 aliphatic heterocycles. The van der Waals surface area contributed by atoms with Crippen LogP contribution in [0.15, 0.2) is 48.8 Å². The molecule has 5 heteroatoms. The molecule has 3 aromatic rings. The van der Waals surface area contributed by atoms with E-state index in [1.807, 2.05) is 42.6 Å². The molecule has 0 atom stereocenters. The highest BCUT2D eigenvalue weighted by molar-refractivity contribution is 5.97. The topological polar surface area (TPSA) is 66.5 Å². The van der Waals surface area contributed by atoms with E-state index in [1.54, 1.807) is 10.9 Å². The molecule has 3 rings (SSSR count). The van der Waals surface area contributed by atoms with Crippen LogP contribution in [0.5, 0.6) is 0 Å². The molecule has 5 nitrogen and oxygen atoms in total. The van der Waals surface area contributed by atoms with Crippen LogP contribution in [0, 0.1) is 11.3 Å². The fraction of sp³-hybridized carbons (Fsp3) is 0.133. The van der Waals surface area contributed by atoms with Gasteiger partial charge in [0.25, 0.3) is 0 Å². The van der Waals surface area contributed by atoms with E-state index in [2.05, 4.69) is 21.7 Å². The second-order valence-corrected chi connectivity index (χ2v) is 4.41. The lowest BCUT2D eigenvalue weighted by molar-refractivity contribution is 0.609. The van der Waals surface area contributed by atoms with Gasteiger partial charge >= 0.3 is 0 Å². The minimum Gasteiger partial charge on any atom is -0.383 e. The number of rotatable bonds is 4. The molecule has 0 aliphatic rings. The molecule has 0 aliphatic carbocycles. The van der Waals surface area contributed by atoms with Gasteiger partial charge in [0.15, 0.2) is 0 Å². The summed E-state index contributed by atoms with van der Waals surface area (Å²) < 4.78 is 1.78. The number of nitriles is 1. The van der Waals surface area contributed by atoms with Gasteiger partial charge in [0.1, 0.15) is 0 Å². The highest BCUT2D eigenvalue weighted by atomic mass is 15.4. The van der Waals surface area contributed by atoms with Gasteiger partial charge in [-0.05, 0) is 12.1 Å². The number of hydrogen-bond donors (Lipinski definition) is 1. The van der Waals surface area contributed by atoms with Crippen molar-refractivity contribution in [3.05, 3.63) is 54.4 Å². The lowest BCUT2D eigenvalue weighted by Gasteiger charge is -2.10. The zero-order valence-corrected chi connectivity index (χ0v) is 10.8. The van der Waals surface area contributed by atoms with Crippen LogP contribution in [0.2, 0.25) is 0 Å². The van der Waals surface area contributed by atoms with Crippen LogP contribution in [0.4, 0.5) is 5.69 Å². The molecule has 1 N–H and O–H groups in total. The monoisotopic (exact) mass is 263 g/mol. The highest BCUT2D eigenvalue weighted by Crippen LogP contribution is 2.26. The molecule has 0 fully saturated rings. The number of nitrogens with zero attached hydrogens (tertiary/aromatic N) is 4. The third kappa shape index (κ3) is 2.31. The minimum absolute atomic E-state index is 0.697. The Morgan fingerprint density at radius 1 is 1.15 bits per heavy atom. The maximum atomic E-state index is 9.14. The Bertz CT molecular complexity index is 756. The smallest absolute Gasteiger partial charge is 0.0998 e. The van der Waals surface area contributed by atoms with Crippen LogP contribution in [0.1, 0.15) is 5.56 Å². The van der Waals surface area contributed by atoms with E-state index in [4.69, 9.17) is 5.26 Å². The predicted octanol–water partition coefficient (Wildman–Crippen LogP) is 2.42. The zero-order valence-electron chi connectivity index (χ0n) is 10.8. The summed E-state index contributed by atoms with van der Waals surface area (Å²) in [4.78, 5) is 0. The number of anilines is 1. The summed E-state index contributed by atoms with van der Waals surface area (Å²) in [5.74, 6) is 0. The van der Waals surface area contributed by atoms with Gasteiger partial charge in [-0.15, -0.1) is 5.10 Å². The van der Waals surface area contributed by atoms with Gasteiger partial charge in [-0.2, -0.15) is 5.26 Å². The van der Waals surface area contributed by atoms with Crippen LogP contribution in [0.25, 0.3) is 10.8 Å². The largest absolute Gasteiger partial charge is 0.383 e. The molecule has 0 amide bonds. The second kappa shape index (κ2) is 5.41. The summed E-state index contributed by atoms with van der Waals surface area (Å²) >= 11 is 0. The molecular weight excluding hydrogens is 250 g/mol. The lowest BCUT2D eigenvalue weighted by atomic mass is 10.0. The van der Waals surface area contributed by atoms with Crippen LogP contribution < -0.4 is 5.32 Å². The molecule has 1 heterocycles. The van der Waals surface area contributed by atoms with E-state index in [0.29, 0.717) is 5.56 Å². The standard InChI is InChI=1S/C15H13N5/c16-11-12-5-6-15(14-4-2-1-3-13(12)14)17-7-9-20-10-8-18-19-20/h1-6,8,10,17H,7,9H2. The van der Waals surface area contributed by atoms with Crippen molar-refractivity contribution in [3.63, 3.8) is 0 Å². The molecule has 0 saturated heterocycles. The fourth-order valence-corrected chi connectivity index (χ4v) is 2.21. The first-order valence-corrected chi connectivity index (χ1v) is 6.38. The number of benzene rings is 2. The Balaban J connectivity index is 1.83. The number of fused-ring (bicyclic) bond motifs is 1. The van der Waals surface area contributed by atoms with Gasteiger partial charge in [-0.1, -0.05) is 29.5 Å². The highest BCUT2D eigenvalue weighted by Gasteiger charge is 2.04. The molecule has 98 valence electrons. The van der Waals surface area contributed by atoms with E-state index in [9.17, 15) is 0 Å². The van der Waals surface area contributed by atoms with Crippen molar-refractivity contribution in [2.24, 2.45) is 0 Å². The molecule has 0 radical (unpaired) electrons. The molecule has 2 aromatic carbocycles. The predicted molar refractivity (Wildman–Crippen MR) is 77.2 cm³/mol. The van der Waals surface area contributed by atoms with Crippen molar-refractivity contribution in [2.45, 2.75) is 6.54 Å². The summed E-state index contributed by atoms with van der Waals surface area (Å²) in [5, 5.41) is 22.2. The molecule has 0 unspecified atom stereocenters. The SMILES string of the molecule is N#Cc1ccc(NCCn2ccnn2)c2ccccc12. The quantitative estimate of drug-likeness (QED) is 0.785. The number of aromatic nitrogens is 3. The van der Waals surface area contributed by atoms with Gasteiger partial charge < -0.3 is 5.32 Å². The molecule has 0 bridgehead atoms. The third-order valence-corrected chi connectivity index (χ3v) is 3.17. The average molecular weight is 263 g/mol. The zero-order chi connectivity index (χ0) is 13.8. The van der Waals surface area contributed by atoms with Crippen molar-refractivity contribution in [2.75, 3.05) is 11.9 Å². The third-order valence-electron chi connectivity index (χ3n) is 3.17. The first kappa shape index (κ1) is 12.2. The van der Waals surface area contributed by atoms with Crippen molar-refractivity contribution in [1.29, 1.82) is 5.26 Å². The Morgan fingerprint density at radius 2 is 2.00 bits per heavy atom. The van der Waals surface area contributed by atoms with E-state index >= 15 is 0 Å². The van der Waals surface area contributed by atoms with Gasteiger partial charge in [-0.3, -0.25) is 4.68 Å². The first-order valence-electron chi connectivity index (χ1n) is 6.38. The van der Waals surface area contributed by atoms with Crippen LogP contribution >= 0.6 is 0 Å². The van der Waals surface area contributed by atoms with E-state index < -0.39 is 0 Å². The lowest BCUT2D eigenvalue weighted by Crippen LogP contribution is -2.11. The maximum absolute atomic E-state index is 9.14. The Labute approximate surface area is 116 Å². The van der Waals surface area contributed by atoms with Crippen LogP contribution in [-0.2, 0) is 6.54 Å². The average Bonchev–Trinajstić information content (AvgIpc) is 3.01. The van der Waals surface area contributed by atoms with Crippen LogP contribution in [-0.4, -0.2) is 21.5 Å². The van der Waals surface area contributed by atoms with Crippen molar-refractivity contribution in [3.8, 4) is 6.07 Å². The maximum Gasteiger partial charge on any atom is 0.0998 e. The van der Waals surface area contributed by atoms with E-state index in [0.717, 1.165) is 29.5 Å². The van der Waals surface area contributed by atoms with E-state index in [-0.39, 0.29) is 0 Å². The summed E-state index contributed by atoms with van der Waals surface area (Å²) in [6, 6.07) is 13.9. The first-order chi connectivity index (χ1) is 9.88. The summed E-state index contributed by atoms with van der Waals surface area (Å²) in [6.45, 7) is 1.49. The minimum atomic E-state index is 0.697. The number of hydrogen-bond acceptors (Lipinski definition) is 4. The summed E-state index contributed by atoms with van der Waals surface area (Å²) in [5.41, 5.74) is 1.72. The van der Waals surface area contributed by atoms with Crippen molar-refractivity contribution >= 4 is 16.5 Å². The fourth-order valence-electron chi connectivity index (χ4n) is 2.21. The van der Waals surface area contributed by atoms with Crippen molar-refractivity contribution < 1.29 is 0 Å². The molecule has 20 heavy (non-hydrogen) atoms. The summed E-state index contributed by atoms with van der Waals surface area (Å²) in [7, 11) is 0. The molecular formula is C15H13N5. The molecule has 1 aromatic heterocycles. The van der Waals surface area contributed by atoms with Crippen molar-refractivity contribution in [1.82, 2.24) is 15.0 Å². The van der Waals surface area contributed by atoms with Gasteiger partial charge in [0.2, 0.25) is 0 Å². The molecule has 0 spiro atoms. The Kier molecular flexibility index (Phi) is 3.29. The Hall–Kier alpha value is -2.87. The van der Waals surface area contributed by atoms with Crippen LogP contribution in [0.3, 0.4) is 0 Å². The number of nitrogens with one attached hydrogen (secondary N) is 1. The summed E-state index contributed by atoms with van der Waals surface area (Å²) in [6.07, 6.45) is 3.50. The van der Waals surface area contributed by atoms with Gasteiger partial charge in [0, 0.05) is 29.2 Å².